The Morgan fingerprint density at radius 3 is 2.96 bits per heavy atom. The summed E-state index contributed by atoms with van der Waals surface area (Å²) >= 11 is 1.61. The average Bonchev–Trinajstić information content (AvgIpc) is 3.38. The number of hydrogen-bond donors (Lipinski definition) is 2. The van der Waals surface area contributed by atoms with Gasteiger partial charge in [-0.25, -0.2) is 0 Å². The molecule has 0 spiro atoms. The molecule has 0 aliphatic carbocycles. The van der Waals surface area contributed by atoms with Crippen LogP contribution in [0, 0.1) is 0 Å². The summed E-state index contributed by atoms with van der Waals surface area (Å²) in [5.41, 5.74) is 4.56. The summed E-state index contributed by atoms with van der Waals surface area (Å²) in [4.78, 5) is 14.5. The molecule has 5 nitrogen and oxygen atoms in total. The van der Waals surface area contributed by atoms with E-state index in [1.165, 1.54) is 5.56 Å². The Morgan fingerprint density at radius 1 is 1.27 bits per heavy atom. The number of aromatic nitrogens is 2. The molecule has 1 amide bonds. The Bertz CT molecular complexity index is 899. The maximum Gasteiger partial charge on any atom is 0.249 e. The van der Waals surface area contributed by atoms with E-state index in [0.717, 1.165) is 42.9 Å². The zero-order chi connectivity index (χ0) is 17.8. The number of aromatic amines is 1. The predicted octanol–water partition coefficient (Wildman–Crippen LogP) is 3.68. The number of fused-ring (bicyclic) bond motifs is 1. The molecule has 0 unspecified atom stereocenters. The van der Waals surface area contributed by atoms with Crippen LogP contribution in [0.2, 0.25) is 0 Å². The highest BCUT2D eigenvalue weighted by molar-refractivity contribution is 7.08. The summed E-state index contributed by atoms with van der Waals surface area (Å²) < 4.78 is 0. The van der Waals surface area contributed by atoms with Crippen molar-refractivity contribution in [2.75, 3.05) is 11.9 Å². The van der Waals surface area contributed by atoms with Crippen molar-refractivity contribution < 1.29 is 4.79 Å². The number of nitrogens with one attached hydrogen (secondary N) is 2. The van der Waals surface area contributed by atoms with Gasteiger partial charge in [0.25, 0.3) is 0 Å². The van der Waals surface area contributed by atoms with Crippen LogP contribution in [0.15, 0.2) is 53.2 Å². The van der Waals surface area contributed by atoms with Crippen molar-refractivity contribution in [3.63, 3.8) is 0 Å². The van der Waals surface area contributed by atoms with Crippen molar-refractivity contribution in [1.82, 2.24) is 15.1 Å². The third kappa shape index (κ3) is 3.92. The number of carbonyl (C=O) groups excluding carboxylic acids is 1. The zero-order valence-electron chi connectivity index (χ0n) is 14.3. The van der Waals surface area contributed by atoms with Gasteiger partial charge in [-0.1, -0.05) is 30.3 Å². The van der Waals surface area contributed by atoms with Crippen molar-refractivity contribution in [2.24, 2.45) is 0 Å². The first-order chi connectivity index (χ1) is 12.8. The second-order valence-corrected chi connectivity index (χ2v) is 7.13. The molecule has 2 N–H and O–H groups in total. The Morgan fingerprint density at radius 2 is 2.15 bits per heavy atom. The van der Waals surface area contributed by atoms with Crippen molar-refractivity contribution in [3.05, 3.63) is 75.6 Å². The second-order valence-electron chi connectivity index (χ2n) is 6.35. The topological polar surface area (TPSA) is 61.0 Å². The molecule has 3 heterocycles. The van der Waals surface area contributed by atoms with Crippen LogP contribution in [-0.2, 0) is 24.3 Å². The molecule has 0 atom stereocenters. The number of benzene rings is 1. The van der Waals surface area contributed by atoms with E-state index in [2.05, 4.69) is 44.7 Å². The van der Waals surface area contributed by atoms with E-state index in [9.17, 15) is 4.79 Å². The lowest BCUT2D eigenvalue weighted by molar-refractivity contribution is -0.111. The monoisotopic (exact) mass is 364 g/mol. The van der Waals surface area contributed by atoms with Crippen molar-refractivity contribution in [2.45, 2.75) is 19.5 Å². The number of nitrogens with zero attached hydrogens (tertiary/aromatic N) is 2. The molecular formula is C20H20N4OS. The van der Waals surface area contributed by atoms with E-state index in [1.807, 2.05) is 29.0 Å². The number of hydrogen-bond acceptors (Lipinski definition) is 4. The van der Waals surface area contributed by atoms with E-state index >= 15 is 0 Å². The fraction of sp³-hybridized carbons (Fsp3) is 0.200. The molecule has 1 aliphatic heterocycles. The lowest BCUT2D eigenvalue weighted by Gasteiger charge is -2.15. The lowest BCUT2D eigenvalue weighted by atomic mass is 10.1. The Hall–Kier alpha value is -2.70. The maximum atomic E-state index is 12.1. The molecule has 0 saturated carbocycles. The van der Waals surface area contributed by atoms with Gasteiger partial charge in [0, 0.05) is 31.3 Å². The van der Waals surface area contributed by atoms with Gasteiger partial charge in [-0.15, -0.1) is 0 Å². The molecule has 1 aliphatic rings. The van der Waals surface area contributed by atoms with Gasteiger partial charge >= 0.3 is 0 Å². The second kappa shape index (κ2) is 7.68. The van der Waals surface area contributed by atoms with E-state index in [-0.39, 0.29) is 5.91 Å². The van der Waals surface area contributed by atoms with Crippen LogP contribution < -0.4 is 5.32 Å². The number of thiophene rings is 1. The van der Waals surface area contributed by atoms with E-state index < -0.39 is 0 Å². The smallest absolute Gasteiger partial charge is 0.249 e. The van der Waals surface area contributed by atoms with Crippen molar-refractivity contribution in [3.8, 4) is 0 Å². The fourth-order valence-electron chi connectivity index (χ4n) is 3.10. The molecule has 0 radical (unpaired) electrons. The highest BCUT2D eigenvalue weighted by atomic mass is 32.1. The summed E-state index contributed by atoms with van der Waals surface area (Å²) in [7, 11) is 0. The minimum absolute atomic E-state index is 0.159. The zero-order valence-corrected chi connectivity index (χ0v) is 15.1. The summed E-state index contributed by atoms with van der Waals surface area (Å²) in [6.07, 6.45) is 4.37. The Kier molecular flexibility index (Phi) is 4.95. The molecule has 132 valence electrons. The predicted molar refractivity (Wildman–Crippen MR) is 105 cm³/mol. The summed E-state index contributed by atoms with van der Waals surface area (Å²) in [5, 5.41) is 14.2. The number of H-pyrrole nitrogens is 1. The third-order valence-corrected chi connectivity index (χ3v) is 5.19. The van der Waals surface area contributed by atoms with Gasteiger partial charge in [0.15, 0.2) is 5.82 Å². The molecule has 0 saturated heterocycles. The van der Waals surface area contributed by atoms with Crippen LogP contribution in [-0.4, -0.2) is 27.5 Å². The van der Waals surface area contributed by atoms with E-state index in [1.54, 1.807) is 17.4 Å². The van der Waals surface area contributed by atoms with Crippen LogP contribution in [0.1, 0.15) is 22.4 Å². The number of anilines is 1. The molecule has 0 bridgehead atoms. The molecule has 1 aromatic carbocycles. The summed E-state index contributed by atoms with van der Waals surface area (Å²) in [5.74, 6) is 0.482. The van der Waals surface area contributed by atoms with Crippen LogP contribution in [0.5, 0.6) is 0 Å². The van der Waals surface area contributed by atoms with Gasteiger partial charge < -0.3 is 5.32 Å². The van der Waals surface area contributed by atoms with Gasteiger partial charge in [-0.05, 0) is 40.5 Å². The van der Waals surface area contributed by atoms with Crippen LogP contribution >= 0.6 is 11.3 Å². The SMILES string of the molecule is O=C(C=Cc1ccsc1)Nc1n[nH]c2c1CN(CCc1ccccc1)C2. The molecule has 26 heavy (non-hydrogen) atoms. The minimum Gasteiger partial charge on any atom is -0.305 e. The number of carbonyl (C=O) groups is 1. The van der Waals surface area contributed by atoms with E-state index in [0.29, 0.717) is 5.82 Å². The average molecular weight is 364 g/mol. The highest BCUT2D eigenvalue weighted by Gasteiger charge is 2.25. The molecule has 2 aromatic heterocycles. The first-order valence-corrected chi connectivity index (χ1v) is 9.56. The first-order valence-electron chi connectivity index (χ1n) is 8.61. The van der Waals surface area contributed by atoms with Gasteiger partial charge in [-0.3, -0.25) is 14.8 Å². The van der Waals surface area contributed by atoms with Gasteiger partial charge in [0.1, 0.15) is 0 Å². The van der Waals surface area contributed by atoms with Gasteiger partial charge in [0.2, 0.25) is 5.91 Å². The molecule has 6 heteroatoms. The molecular weight excluding hydrogens is 344 g/mol. The Labute approximate surface area is 156 Å². The quantitative estimate of drug-likeness (QED) is 0.656. The largest absolute Gasteiger partial charge is 0.305 e. The molecule has 0 fully saturated rings. The van der Waals surface area contributed by atoms with Crippen molar-refractivity contribution in [1.29, 1.82) is 0 Å². The fourth-order valence-corrected chi connectivity index (χ4v) is 3.73. The third-order valence-electron chi connectivity index (χ3n) is 4.49. The van der Waals surface area contributed by atoms with E-state index in [4.69, 9.17) is 0 Å². The standard InChI is InChI=1S/C20H20N4OS/c25-19(7-6-16-9-11-26-14-16)21-20-17-12-24(13-18(17)22-23-20)10-8-15-4-2-1-3-5-15/h1-7,9,11,14H,8,10,12-13H2,(H2,21,22,23,25). The summed E-state index contributed by atoms with van der Waals surface area (Å²) in [6, 6.07) is 12.5. The normalized spacial score (nSPS) is 14.0. The van der Waals surface area contributed by atoms with Gasteiger partial charge in [-0.2, -0.15) is 16.4 Å². The number of amides is 1. The first kappa shape index (κ1) is 16.8. The van der Waals surface area contributed by atoms with Crippen LogP contribution in [0.3, 0.4) is 0 Å². The highest BCUT2D eigenvalue weighted by Crippen LogP contribution is 2.27. The molecule has 4 rings (SSSR count). The molecule has 3 aromatic rings. The van der Waals surface area contributed by atoms with Gasteiger partial charge in [0.05, 0.1) is 5.69 Å². The Balaban J connectivity index is 1.34. The van der Waals surface area contributed by atoms with Crippen LogP contribution in [0.25, 0.3) is 6.08 Å². The van der Waals surface area contributed by atoms with Crippen LogP contribution in [0.4, 0.5) is 5.82 Å². The number of rotatable bonds is 6. The maximum absolute atomic E-state index is 12.1. The minimum atomic E-state index is -0.159. The summed E-state index contributed by atoms with van der Waals surface area (Å²) in [6.45, 7) is 2.64. The lowest BCUT2D eigenvalue weighted by Crippen LogP contribution is -2.20. The van der Waals surface area contributed by atoms with Crippen molar-refractivity contribution >= 4 is 29.1 Å².